The van der Waals surface area contributed by atoms with E-state index in [1.165, 1.54) is 0 Å². The van der Waals surface area contributed by atoms with Gasteiger partial charge in [0, 0.05) is 48.0 Å². The molecule has 212 valence electrons. The van der Waals surface area contributed by atoms with Crippen molar-refractivity contribution in [3.63, 3.8) is 0 Å². The van der Waals surface area contributed by atoms with E-state index >= 15 is 0 Å². The van der Waals surface area contributed by atoms with Gasteiger partial charge in [-0.3, -0.25) is 0 Å². The number of hydrogen-bond acceptors (Lipinski definition) is 2. The highest BCUT2D eigenvalue weighted by Gasteiger charge is 2.21. The Kier molecular flexibility index (Phi) is 3.97. The third kappa shape index (κ3) is 4.16. The summed E-state index contributed by atoms with van der Waals surface area (Å²) in [6.45, 7) is 0. The van der Waals surface area contributed by atoms with Crippen molar-refractivity contribution in [2.75, 3.05) is 4.90 Å². The first-order chi connectivity index (χ1) is 26.9. The Labute approximate surface area is 281 Å². The lowest BCUT2D eigenvalue weighted by molar-refractivity contribution is 1.18. The number of nitrogens with zero attached hydrogens (tertiary/aromatic N) is 2. The first kappa shape index (κ1) is 17.0. The second-order valence-electron chi connectivity index (χ2n) is 10.5. The van der Waals surface area contributed by atoms with Crippen LogP contribution in [0.5, 0.6) is 0 Å². The van der Waals surface area contributed by atoms with Crippen molar-refractivity contribution in [1.29, 1.82) is 0 Å². The highest BCUT2D eigenvalue weighted by Crippen LogP contribution is 2.45. The summed E-state index contributed by atoms with van der Waals surface area (Å²) in [5.41, 5.74) is 3.48. The van der Waals surface area contributed by atoms with Crippen LogP contribution in [-0.2, 0) is 0 Å². The Bertz CT molecular complexity index is 3080. The van der Waals surface area contributed by atoms with Crippen molar-refractivity contribution >= 4 is 70.4 Å². The van der Waals surface area contributed by atoms with Gasteiger partial charge in [0.1, 0.15) is 0 Å². The number of aromatic nitrogens is 1. The van der Waals surface area contributed by atoms with Crippen LogP contribution in [0.4, 0.5) is 17.1 Å². The highest BCUT2D eigenvalue weighted by atomic mass is 32.1. The molecule has 0 spiro atoms. The summed E-state index contributed by atoms with van der Waals surface area (Å²) >= 11 is 0.884. The maximum Gasteiger partial charge on any atom is 0.0645 e. The monoisotopic (exact) mass is 603 g/mol. The molecule has 2 nitrogen and oxygen atoms in total. The van der Waals surface area contributed by atoms with Crippen LogP contribution in [0.2, 0.25) is 0 Å². The Balaban J connectivity index is 1.37. The maximum atomic E-state index is 9.58. The molecule has 9 rings (SSSR count). The normalized spacial score (nSPS) is 15.0. The van der Waals surface area contributed by atoms with Gasteiger partial charge in [-0.25, -0.2) is 0 Å². The van der Waals surface area contributed by atoms with Crippen molar-refractivity contribution in [2.24, 2.45) is 0 Å². The zero-order valence-electron chi connectivity index (χ0n) is 34.6. The summed E-state index contributed by atoms with van der Waals surface area (Å²) in [6.07, 6.45) is 0. The molecular weight excluding hydrogens is 565 g/mol. The molecule has 0 aliphatic heterocycles. The molecule has 2 heterocycles. The minimum atomic E-state index is -0.562. The number of benzene rings is 7. The van der Waals surface area contributed by atoms with E-state index in [0.717, 1.165) is 38.8 Å². The van der Waals surface area contributed by atoms with Crippen LogP contribution in [0, 0.1) is 0 Å². The lowest BCUT2D eigenvalue weighted by Crippen LogP contribution is -2.10. The molecule has 0 N–H and O–H groups in total. The summed E-state index contributed by atoms with van der Waals surface area (Å²) in [5, 5.41) is 1.75. The molecule has 0 unspecified atom stereocenters. The fourth-order valence-electron chi connectivity index (χ4n) is 6.05. The number of rotatable bonds is 5. The zero-order valence-corrected chi connectivity index (χ0v) is 24.4. The molecule has 0 radical (unpaired) electrons. The quantitative estimate of drug-likeness (QED) is 0.190. The van der Waals surface area contributed by atoms with Crippen molar-refractivity contribution in [1.82, 2.24) is 4.57 Å². The smallest absolute Gasteiger partial charge is 0.0645 e. The van der Waals surface area contributed by atoms with E-state index < -0.39 is 60.4 Å². The van der Waals surface area contributed by atoms with E-state index in [-0.39, 0.29) is 43.0 Å². The molecule has 0 saturated carbocycles. The van der Waals surface area contributed by atoms with E-state index in [4.69, 9.17) is 9.60 Å². The number of fused-ring (bicyclic) bond motifs is 6. The van der Waals surface area contributed by atoms with Crippen molar-refractivity contribution in [2.45, 2.75) is 0 Å². The summed E-state index contributed by atoms with van der Waals surface area (Å²) in [7, 11) is 0. The molecule has 3 heteroatoms. The van der Waals surface area contributed by atoms with Crippen LogP contribution in [0.1, 0.15) is 15.1 Å². The average Bonchev–Trinajstić information content (AvgIpc) is 3.78. The molecule has 0 amide bonds. The summed E-state index contributed by atoms with van der Waals surface area (Å²) in [5.74, 6) is 0. The van der Waals surface area contributed by atoms with E-state index in [0.29, 0.717) is 11.4 Å². The molecule has 9 aromatic rings. The Morgan fingerprint density at radius 3 is 2.09 bits per heavy atom. The molecule has 7 aromatic carbocycles. The Morgan fingerprint density at radius 2 is 1.24 bits per heavy atom. The molecule has 0 fully saturated rings. The van der Waals surface area contributed by atoms with E-state index in [9.17, 15) is 5.48 Å². The molecule has 45 heavy (non-hydrogen) atoms. The largest absolute Gasteiger partial charge is 0.310 e. The number of anilines is 3. The minimum Gasteiger partial charge on any atom is -0.310 e. The van der Waals surface area contributed by atoms with E-state index in [1.807, 2.05) is 103 Å². The van der Waals surface area contributed by atoms with Gasteiger partial charge in [0.2, 0.25) is 0 Å². The van der Waals surface area contributed by atoms with Crippen LogP contribution in [0.3, 0.4) is 0 Å². The van der Waals surface area contributed by atoms with Crippen LogP contribution in [0.25, 0.3) is 58.8 Å². The third-order valence-electron chi connectivity index (χ3n) is 7.97. The first-order valence-electron chi connectivity index (χ1n) is 19.9. The second kappa shape index (κ2) is 10.5. The predicted octanol–water partition coefficient (Wildman–Crippen LogP) is 12.3. The maximum absolute atomic E-state index is 9.58. The number of para-hydroxylation sites is 3. The topological polar surface area (TPSA) is 8.17 Å². The van der Waals surface area contributed by atoms with Crippen LogP contribution >= 0.6 is 11.3 Å². The summed E-state index contributed by atoms with van der Waals surface area (Å²) in [6, 6.07) is 27.8. The number of hydrogen-bond donors (Lipinski definition) is 0. The van der Waals surface area contributed by atoms with Crippen LogP contribution in [0.15, 0.2) is 170 Å². The Morgan fingerprint density at radius 1 is 0.533 bits per heavy atom. The summed E-state index contributed by atoms with van der Waals surface area (Å²) in [4.78, 5) is 1.72. The van der Waals surface area contributed by atoms with Gasteiger partial charge in [0.15, 0.2) is 0 Å². The second-order valence-corrected chi connectivity index (χ2v) is 11.5. The lowest BCUT2D eigenvalue weighted by atomic mass is 10.0. The molecule has 0 atom stereocenters. The van der Waals surface area contributed by atoms with Crippen molar-refractivity contribution in [3.05, 3.63) is 170 Å². The van der Waals surface area contributed by atoms with Gasteiger partial charge in [-0.1, -0.05) is 109 Å². The first-order valence-corrected chi connectivity index (χ1v) is 15.2. The SMILES string of the molecule is [2H]c1c([2H])c(N(c2ccccc2)c2cccc3c2c2ccccc2n3-c2ccccc2)c([2H])c([2H])c1-c1c([2H])c([2H])c([2H])c2c1sc1c([2H])c([2H])c([2H])c([2H])c12. The van der Waals surface area contributed by atoms with E-state index in [1.54, 1.807) is 4.90 Å². The highest BCUT2D eigenvalue weighted by molar-refractivity contribution is 7.26. The number of thiophene rings is 1. The fraction of sp³-hybridized carbons (Fsp3) is 0. The van der Waals surface area contributed by atoms with E-state index in [2.05, 4.69) is 4.57 Å². The molecule has 2 aromatic heterocycles. The molecule has 0 bridgehead atoms. The van der Waals surface area contributed by atoms with Crippen molar-refractivity contribution in [3.8, 4) is 16.8 Å². The average molecular weight is 604 g/mol. The third-order valence-corrected chi connectivity index (χ3v) is 9.09. The molecule has 0 aliphatic rings. The summed E-state index contributed by atoms with van der Waals surface area (Å²) < 4.78 is 101. The molecule has 0 saturated heterocycles. The fourth-order valence-corrected chi connectivity index (χ4v) is 7.13. The van der Waals surface area contributed by atoms with Gasteiger partial charge >= 0.3 is 0 Å². The van der Waals surface area contributed by atoms with Gasteiger partial charge in [-0.2, -0.15) is 0 Å². The Hall–Kier alpha value is -5.64. The van der Waals surface area contributed by atoms with Crippen molar-refractivity contribution < 1.29 is 15.1 Å². The lowest BCUT2D eigenvalue weighted by Gasteiger charge is -2.26. The van der Waals surface area contributed by atoms with Crippen LogP contribution in [-0.4, -0.2) is 4.57 Å². The predicted molar refractivity (Wildman–Crippen MR) is 194 cm³/mol. The van der Waals surface area contributed by atoms with Gasteiger partial charge in [0.05, 0.1) is 31.8 Å². The van der Waals surface area contributed by atoms with Crippen LogP contribution < -0.4 is 4.90 Å². The molecule has 0 aliphatic carbocycles. The van der Waals surface area contributed by atoms with Gasteiger partial charge < -0.3 is 9.47 Å². The zero-order chi connectivity index (χ0) is 39.3. The molecular formula is C42H28N2S. The van der Waals surface area contributed by atoms with Gasteiger partial charge in [0.25, 0.3) is 0 Å². The van der Waals surface area contributed by atoms with Gasteiger partial charge in [-0.05, 0) is 71.7 Å². The minimum absolute atomic E-state index is 0.00123. The standard InChI is InChI=1S/C42H28N2S/c1-3-13-30(14-4-1)43(32-27-25-29(26-28-32)33-19-11-20-35-34-17-8-10-24-40(34)45-42(33)35)38-22-12-23-39-41(38)36-18-7-9-21-37(36)44(39)31-15-5-2-6-16-31/h1-28H/i8D,10D,11D,17D,19D,20D,24D,25D,26D,27D,28D. The van der Waals surface area contributed by atoms with Gasteiger partial charge in [-0.15, -0.1) is 11.3 Å².